The summed E-state index contributed by atoms with van der Waals surface area (Å²) in [5, 5.41) is 2.79. The third-order valence-electron chi connectivity index (χ3n) is 3.16. The van der Waals surface area contributed by atoms with E-state index in [2.05, 4.69) is 5.32 Å². The summed E-state index contributed by atoms with van der Waals surface area (Å²) >= 11 is 0. The second-order valence-electron chi connectivity index (χ2n) is 4.74. The summed E-state index contributed by atoms with van der Waals surface area (Å²) in [6.45, 7) is 4.19. The first kappa shape index (κ1) is 15.7. The number of ether oxygens (including phenoxy) is 2. The molecule has 0 aliphatic heterocycles. The fourth-order valence-electron chi connectivity index (χ4n) is 1.96. The van der Waals surface area contributed by atoms with E-state index >= 15 is 0 Å². The zero-order valence-corrected chi connectivity index (χ0v) is 12.8. The van der Waals surface area contributed by atoms with E-state index in [4.69, 9.17) is 15.2 Å². The Morgan fingerprint density at radius 2 is 1.77 bits per heavy atom. The number of anilines is 2. The predicted molar refractivity (Wildman–Crippen MR) is 87.3 cm³/mol. The van der Waals surface area contributed by atoms with Gasteiger partial charge >= 0.3 is 0 Å². The molecule has 2 aromatic rings. The summed E-state index contributed by atoms with van der Waals surface area (Å²) in [7, 11) is 0. The summed E-state index contributed by atoms with van der Waals surface area (Å²) in [6, 6.07) is 12.6. The summed E-state index contributed by atoms with van der Waals surface area (Å²) < 4.78 is 11.0. The maximum atomic E-state index is 12.0. The first-order chi connectivity index (χ1) is 10.6. The lowest BCUT2D eigenvalue weighted by Gasteiger charge is -2.13. The minimum absolute atomic E-state index is 0.0989. The van der Waals surface area contributed by atoms with Gasteiger partial charge in [0.05, 0.1) is 6.61 Å². The molecule has 0 fully saturated rings. The van der Waals surface area contributed by atoms with E-state index in [-0.39, 0.29) is 12.5 Å². The van der Waals surface area contributed by atoms with Crippen molar-refractivity contribution >= 4 is 17.3 Å². The van der Waals surface area contributed by atoms with Crippen LogP contribution in [0.2, 0.25) is 0 Å². The number of carbonyl (C=O) groups is 1. The van der Waals surface area contributed by atoms with E-state index < -0.39 is 0 Å². The lowest BCUT2D eigenvalue weighted by atomic mass is 10.1. The standard InChI is InChI=1S/C17H20N2O3/c1-3-21-15-9-4-5-10-16(15)22-11-17(20)19-14-8-6-7-13(18)12(14)2/h4-10H,3,11,18H2,1-2H3,(H,19,20). The van der Waals surface area contributed by atoms with Crippen molar-refractivity contribution in [2.45, 2.75) is 13.8 Å². The Morgan fingerprint density at radius 1 is 1.09 bits per heavy atom. The molecule has 2 rings (SSSR count). The molecule has 5 heteroatoms. The van der Waals surface area contributed by atoms with Crippen LogP contribution in [-0.2, 0) is 4.79 Å². The van der Waals surface area contributed by atoms with Gasteiger partial charge in [-0.15, -0.1) is 0 Å². The van der Waals surface area contributed by atoms with Gasteiger partial charge in [0.1, 0.15) is 0 Å². The highest BCUT2D eigenvalue weighted by atomic mass is 16.5. The van der Waals surface area contributed by atoms with E-state index in [0.717, 1.165) is 5.56 Å². The van der Waals surface area contributed by atoms with Crippen LogP contribution >= 0.6 is 0 Å². The van der Waals surface area contributed by atoms with Gasteiger partial charge in [0.15, 0.2) is 18.1 Å². The highest BCUT2D eigenvalue weighted by Gasteiger charge is 2.09. The zero-order valence-electron chi connectivity index (χ0n) is 12.8. The molecule has 0 aliphatic carbocycles. The molecule has 0 saturated heterocycles. The Balaban J connectivity index is 1.97. The smallest absolute Gasteiger partial charge is 0.262 e. The molecule has 1 amide bonds. The van der Waals surface area contributed by atoms with Crippen molar-refractivity contribution in [3.63, 3.8) is 0 Å². The maximum absolute atomic E-state index is 12.0. The minimum atomic E-state index is -0.250. The Morgan fingerprint density at radius 3 is 2.45 bits per heavy atom. The number of para-hydroxylation sites is 2. The van der Waals surface area contributed by atoms with E-state index in [1.165, 1.54) is 0 Å². The molecule has 22 heavy (non-hydrogen) atoms. The van der Waals surface area contributed by atoms with Crippen molar-refractivity contribution < 1.29 is 14.3 Å². The highest BCUT2D eigenvalue weighted by molar-refractivity contribution is 5.93. The van der Waals surface area contributed by atoms with Crippen molar-refractivity contribution in [3.8, 4) is 11.5 Å². The number of benzene rings is 2. The Labute approximate surface area is 130 Å². The first-order valence-electron chi connectivity index (χ1n) is 7.11. The molecule has 0 bridgehead atoms. The van der Waals surface area contributed by atoms with Crippen molar-refractivity contribution in [1.82, 2.24) is 0 Å². The van der Waals surface area contributed by atoms with Crippen LogP contribution < -0.4 is 20.5 Å². The highest BCUT2D eigenvalue weighted by Crippen LogP contribution is 2.26. The number of amides is 1. The van der Waals surface area contributed by atoms with Gasteiger partial charge < -0.3 is 20.5 Å². The number of nitrogens with two attached hydrogens (primary N) is 1. The monoisotopic (exact) mass is 300 g/mol. The van der Waals surface area contributed by atoms with Crippen molar-refractivity contribution in [2.24, 2.45) is 0 Å². The summed E-state index contributed by atoms with van der Waals surface area (Å²) in [5.74, 6) is 0.918. The minimum Gasteiger partial charge on any atom is -0.490 e. The molecule has 0 spiro atoms. The second-order valence-corrected chi connectivity index (χ2v) is 4.74. The van der Waals surface area contributed by atoms with Gasteiger partial charge in [0.2, 0.25) is 0 Å². The normalized spacial score (nSPS) is 10.1. The Kier molecular flexibility index (Phi) is 5.25. The number of rotatable bonds is 6. The SMILES string of the molecule is CCOc1ccccc1OCC(=O)Nc1cccc(N)c1C. The lowest BCUT2D eigenvalue weighted by molar-refractivity contribution is -0.118. The summed E-state index contributed by atoms with van der Waals surface area (Å²) in [5.41, 5.74) is 7.98. The second kappa shape index (κ2) is 7.36. The van der Waals surface area contributed by atoms with Gasteiger partial charge in [-0.1, -0.05) is 18.2 Å². The molecule has 0 aliphatic rings. The van der Waals surface area contributed by atoms with Gasteiger partial charge in [-0.05, 0) is 43.7 Å². The third kappa shape index (κ3) is 3.91. The molecule has 0 aromatic heterocycles. The Bertz CT molecular complexity index is 656. The van der Waals surface area contributed by atoms with Gasteiger partial charge in [-0.3, -0.25) is 4.79 Å². The molecule has 116 valence electrons. The molecule has 0 saturated carbocycles. The summed E-state index contributed by atoms with van der Waals surface area (Å²) in [6.07, 6.45) is 0. The molecule has 0 atom stereocenters. The molecular weight excluding hydrogens is 280 g/mol. The van der Waals surface area contributed by atoms with Gasteiger partial charge in [0.25, 0.3) is 5.91 Å². The quantitative estimate of drug-likeness (QED) is 0.804. The molecular formula is C17H20N2O3. The molecule has 0 heterocycles. The molecule has 0 radical (unpaired) electrons. The topological polar surface area (TPSA) is 73.6 Å². The summed E-state index contributed by atoms with van der Waals surface area (Å²) in [4.78, 5) is 12.0. The predicted octanol–water partition coefficient (Wildman–Crippen LogP) is 2.99. The van der Waals surface area contributed by atoms with E-state index in [1.807, 2.05) is 26.0 Å². The number of hydrogen-bond acceptors (Lipinski definition) is 4. The number of carbonyl (C=O) groups excluding carboxylic acids is 1. The van der Waals surface area contributed by atoms with Gasteiger partial charge in [-0.2, -0.15) is 0 Å². The van der Waals surface area contributed by atoms with E-state index in [1.54, 1.807) is 30.3 Å². The first-order valence-corrected chi connectivity index (χ1v) is 7.11. The fourth-order valence-corrected chi connectivity index (χ4v) is 1.96. The van der Waals surface area contributed by atoms with Crippen LogP contribution in [-0.4, -0.2) is 19.1 Å². The van der Waals surface area contributed by atoms with Crippen LogP contribution in [0, 0.1) is 6.92 Å². The number of nitrogen functional groups attached to an aromatic ring is 1. The van der Waals surface area contributed by atoms with Crippen LogP contribution in [0.3, 0.4) is 0 Å². The average Bonchev–Trinajstić information content (AvgIpc) is 2.51. The van der Waals surface area contributed by atoms with Crippen LogP contribution in [0.5, 0.6) is 11.5 Å². The fraction of sp³-hybridized carbons (Fsp3) is 0.235. The lowest BCUT2D eigenvalue weighted by Crippen LogP contribution is -2.21. The van der Waals surface area contributed by atoms with Crippen molar-refractivity contribution in [3.05, 3.63) is 48.0 Å². The van der Waals surface area contributed by atoms with Crippen LogP contribution in [0.1, 0.15) is 12.5 Å². The van der Waals surface area contributed by atoms with Gasteiger partial charge in [-0.25, -0.2) is 0 Å². The molecule has 3 N–H and O–H groups in total. The zero-order chi connectivity index (χ0) is 15.9. The van der Waals surface area contributed by atoms with Crippen LogP contribution in [0.15, 0.2) is 42.5 Å². The number of nitrogens with one attached hydrogen (secondary N) is 1. The van der Waals surface area contributed by atoms with Crippen LogP contribution in [0.4, 0.5) is 11.4 Å². The molecule has 0 unspecified atom stereocenters. The molecule has 2 aromatic carbocycles. The van der Waals surface area contributed by atoms with Crippen molar-refractivity contribution in [2.75, 3.05) is 24.3 Å². The van der Waals surface area contributed by atoms with E-state index in [0.29, 0.717) is 29.5 Å². The molecule has 5 nitrogen and oxygen atoms in total. The third-order valence-corrected chi connectivity index (χ3v) is 3.16. The van der Waals surface area contributed by atoms with Crippen LogP contribution in [0.25, 0.3) is 0 Å². The maximum Gasteiger partial charge on any atom is 0.262 e. The van der Waals surface area contributed by atoms with E-state index in [9.17, 15) is 4.79 Å². The Hall–Kier alpha value is -2.69. The average molecular weight is 300 g/mol. The largest absolute Gasteiger partial charge is 0.490 e. The van der Waals surface area contributed by atoms with Gasteiger partial charge in [0, 0.05) is 11.4 Å². The van der Waals surface area contributed by atoms with Crippen molar-refractivity contribution in [1.29, 1.82) is 0 Å². The number of hydrogen-bond donors (Lipinski definition) is 2.